The largest absolute Gasteiger partial charge is 0.381 e. The van der Waals surface area contributed by atoms with Gasteiger partial charge in [0, 0.05) is 24.0 Å². The minimum atomic E-state index is 0.761. The summed E-state index contributed by atoms with van der Waals surface area (Å²) in [4.78, 5) is 4.48. The third kappa shape index (κ3) is 5.97. The van der Waals surface area contributed by atoms with E-state index >= 15 is 0 Å². The van der Waals surface area contributed by atoms with Gasteiger partial charge in [-0.25, -0.2) is 0 Å². The Morgan fingerprint density at radius 3 is 1.97 bits per heavy atom. The van der Waals surface area contributed by atoms with E-state index in [1.54, 1.807) is 0 Å². The van der Waals surface area contributed by atoms with Crippen LogP contribution in [0.15, 0.2) is 134 Å². The van der Waals surface area contributed by atoms with Crippen molar-refractivity contribution in [2.75, 3.05) is 0 Å². The first kappa shape index (κ1) is 23.3. The molecular formula is C34H30N2. The summed E-state index contributed by atoms with van der Waals surface area (Å²) >= 11 is 0. The Balaban J connectivity index is 1.35. The van der Waals surface area contributed by atoms with Crippen LogP contribution in [-0.4, -0.2) is 4.98 Å². The molecule has 0 aliphatic carbocycles. The highest BCUT2D eigenvalue weighted by molar-refractivity contribution is 5.69. The number of benzene rings is 4. The van der Waals surface area contributed by atoms with Crippen molar-refractivity contribution in [1.29, 1.82) is 0 Å². The maximum atomic E-state index is 4.48. The topological polar surface area (TPSA) is 24.9 Å². The van der Waals surface area contributed by atoms with Crippen molar-refractivity contribution < 1.29 is 0 Å². The number of allylic oxidation sites excluding steroid dienone is 1. The SMILES string of the molecule is Cc1ccc(C/C=C(\NCc2ccc(-c3ccccc3)cc2)c2ccc(-c3ccccn3)cc2)cc1. The van der Waals surface area contributed by atoms with Gasteiger partial charge < -0.3 is 5.32 Å². The lowest BCUT2D eigenvalue weighted by Crippen LogP contribution is -2.12. The number of aromatic nitrogens is 1. The molecule has 1 heterocycles. The van der Waals surface area contributed by atoms with E-state index in [9.17, 15) is 0 Å². The zero-order valence-corrected chi connectivity index (χ0v) is 20.6. The van der Waals surface area contributed by atoms with Gasteiger partial charge in [-0.15, -0.1) is 0 Å². The van der Waals surface area contributed by atoms with Crippen molar-refractivity contribution in [3.8, 4) is 22.4 Å². The molecule has 0 saturated heterocycles. The minimum absolute atomic E-state index is 0.761. The highest BCUT2D eigenvalue weighted by Crippen LogP contribution is 2.22. The van der Waals surface area contributed by atoms with E-state index in [1.165, 1.54) is 33.4 Å². The van der Waals surface area contributed by atoms with Gasteiger partial charge in [0.25, 0.3) is 0 Å². The van der Waals surface area contributed by atoms with Gasteiger partial charge >= 0.3 is 0 Å². The lowest BCUT2D eigenvalue weighted by atomic mass is 10.0. The van der Waals surface area contributed by atoms with E-state index in [1.807, 2.05) is 24.4 Å². The lowest BCUT2D eigenvalue weighted by molar-refractivity contribution is 0.886. The molecule has 0 bridgehead atoms. The monoisotopic (exact) mass is 466 g/mol. The number of nitrogens with one attached hydrogen (secondary N) is 1. The summed E-state index contributed by atoms with van der Waals surface area (Å²) in [6, 6.07) is 42.7. The summed E-state index contributed by atoms with van der Waals surface area (Å²) < 4.78 is 0. The van der Waals surface area contributed by atoms with Crippen LogP contribution in [0.3, 0.4) is 0 Å². The number of hydrogen-bond donors (Lipinski definition) is 1. The van der Waals surface area contributed by atoms with Crippen LogP contribution in [0.4, 0.5) is 0 Å². The van der Waals surface area contributed by atoms with Crippen molar-refractivity contribution in [2.45, 2.75) is 19.9 Å². The van der Waals surface area contributed by atoms with Crippen LogP contribution in [0.5, 0.6) is 0 Å². The standard InChI is InChI=1S/C34H30N2/c1-26-10-12-27(13-11-26)16-23-34(32-21-19-31(20-22-32)33-9-5-6-24-35-33)36-25-28-14-17-30(18-15-28)29-7-3-2-4-8-29/h2-15,17-24,36H,16,25H2,1H3/b34-23-. The summed E-state index contributed by atoms with van der Waals surface area (Å²) in [5, 5.41) is 3.70. The summed E-state index contributed by atoms with van der Waals surface area (Å²) in [6.07, 6.45) is 5.00. The summed E-state index contributed by atoms with van der Waals surface area (Å²) in [7, 11) is 0. The molecule has 0 aliphatic rings. The normalized spacial score (nSPS) is 11.3. The molecule has 0 fully saturated rings. The quantitative estimate of drug-likeness (QED) is 0.250. The fourth-order valence-electron chi connectivity index (χ4n) is 4.23. The van der Waals surface area contributed by atoms with E-state index in [4.69, 9.17) is 0 Å². The molecule has 0 saturated carbocycles. The van der Waals surface area contributed by atoms with Crippen LogP contribution in [0, 0.1) is 6.92 Å². The smallest absolute Gasteiger partial charge is 0.0701 e. The molecule has 5 aromatic rings. The predicted octanol–water partition coefficient (Wildman–Crippen LogP) is 8.10. The second-order valence-corrected chi connectivity index (χ2v) is 9.02. The van der Waals surface area contributed by atoms with Crippen molar-refractivity contribution in [1.82, 2.24) is 10.3 Å². The molecule has 1 aromatic heterocycles. The van der Waals surface area contributed by atoms with Crippen LogP contribution in [0.1, 0.15) is 22.3 Å². The third-order valence-corrected chi connectivity index (χ3v) is 6.36. The van der Waals surface area contributed by atoms with Gasteiger partial charge in [0.2, 0.25) is 0 Å². The zero-order chi connectivity index (χ0) is 24.6. The van der Waals surface area contributed by atoms with Gasteiger partial charge in [-0.1, -0.05) is 121 Å². The number of pyridine rings is 1. The van der Waals surface area contributed by atoms with Gasteiger partial charge in [0.1, 0.15) is 0 Å². The van der Waals surface area contributed by atoms with Gasteiger partial charge in [0.05, 0.1) is 5.69 Å². The Morgan fingerprint density at radius 1 is 0.639 bits per heavy atom. The Kier molecular flexibility index (Phi) is 7.34. The number of rotatable bonds is 8. The van der Waals surface area contributed by atoms with Crippen LogP contribution < -0.4 is 5.32 Å². The molecule has 1 N–H and O–H groups in total. The van der Waals surface area contributed by atoms with Gasteiger partial charge in [-0.3, -0.25) is 4.98 Å². The fourth-order valence-corrected chi connectivity index (χ4v) is 4.23. The second kappa shape index (κ2) is 11.3. The average molecular weight is 467 g/mol. The molecular weight excluding hydrogens is 436 g/mol. The van der Waals surface area contributed by atoms with E-state index in [2.05, 4.69) is 126 Å². The van der Waals surface area contributed by atoms with Crippen LogP contribution in [0.2, 0.25) is 0 Å². The minimum Gasteiger partial charge on any atom is -0.381 e. The predicted molar refractivity (Wildman–Crippen MR) is 151 cm³/mol. The van der Waals surface area contributed by atoms with Crippen molar-refractivity contribution in [3.63, 3.8) is 0 Å². The number of hydrogen-bond acceptors (Lipinski definition) is 2. The molecule has 36 heavy (non-hydrogen) atoms. The van der Waals surface area contributed by atoms with Crippen molar-refractivity contribution in [3.05, 3.63) is 156 Å². The van der Waals surface area contributed by atoms with Gasteiger partial charge in [-0.05, 0) is 53.3 Å². The van der Waals surface area contributed by atoms with Crippen LogP contribution >= 0.6 is 0 Å². The highest BCUT2D eigenvalue weighted by atomic mass is 14.9. The Bertz CT molecular complexity index is 1400. The van der Waals surface area contributed by atoms with E-state index in [-0.39, 0.29) is 0 Å². The molecule has 176 valence electrons. The first-order chi connectivity index (χ1) is 17.7. The highest BCUT2D eigenvalue weighted by Gasteiger charge is 2.05. The first-order valence-corrected chi connectivity index (χ1v) is 12.4. The van der Waals surface area contributed by atoms with E-state index in [0.717, 1.165) is 29.9 Å². The summed E-state index contributed by atoms with van der Waals surface area (Å²) in [5.74, 6) is 0. The van der Waals surface area contributed by atoms with Crippen molar-refractivity contribution >= 4 is 5.70 Å². The van der Waals surface area contributed by atoms with E-state index < -0.39 is 0 Å². The Morgan fingerprint density at radius 2 is 1.28 bits per heavy atom. The molecule has 0 unspecified atom stereocenters. The van der Waals surface area contributed by atoms with Gasteiger partial charge in [0.15, 0.2) is 0 Å². The maximum Gasteiger partial charge on any atom is 0.0701 e. The maximum absolute atomic E-state index is 4.48. The molecule has 0 amide bonds. The van der Waals surface area contributed by atoms with Crippen LogP contribution in [0.25, 0.3) is 28.1 Å². The summed E-state index contributed by atoms with van der Waals surface area (Å²) in [6.45, 7) is 2.88. The Hall–Kier alpha value is -4.43. The average Bonchev–Trinajstić information content (AvgIpc) is 2.95. The molecule has 0 aliphatic heterocycles. The molecule has 4 aromatic carbocycles. The lowest BCUT2D eigenvalue weighted by Gasteiger charge is -2.14. The number of nitrogens with zero attached hydrogens (tertiary/aromatic N) is 1. The first-order valence-electron chi connectivity index (χ1n) is 12.4. The van der Waals surface area contributed by atoms with Gasteiger partial charge in [-0.2, -0.15) is 0 Å². The summed E-state index contributed by atoms with van der Waals surface area (Å²) in [5.41, 5.74) is 10.7. The molecule has 2 nitrogen and oxygen atoms in total. The molecule has 0 spiro atoms. The number of aryl methyl sites for hydroxylation is 1. The molecule has 0 radical (unpaired) electrons. The molecule has 2 heteroatoms. The zero-order valence-electron chi connectivity index (χ0n) is 20.6. The molecule has 5 rings (SSSR count). The fraction of sp³-hybridized carbons (Fsp3) is 0.0882. The third-order valence-electron chi connectivity index (χ3n) is 6.36. The second-order valence-electron chi connectivity index (χ2n) is 9.02. The van der Waals surface area contributed by atoms with Crippen LogP contribution in [-0.2, 0) is 13.0 Å². The molecule has 0 atom stereocenters. The van der Waals surface area contributed by atoms with Crippen molar-refractivity contribution in [2.24, 2.45) is 0 Å². The van der Waals surface area contributed by atoms with E-state index in [0.29, 0.717) is 0 Å². The Labute approximate surface area is 214 Å².